The monoisotopic (exact) mass is 387 g/mol. The molecule has 0 amide bonds. The van der Waals surface area contributed by atoms with Gasteiger partial charge in [0.05, 0.1) is 16.2 Å². The Balaban J connectivity index is 2.20. The molecular formula is C17H13N3O6S. The van der Waals surface area contributed by atoms with Crippen LogP contribution in [0.4, 0.5) is 17.1 Å². The third-order valence-electron chi connectivity index (χ3n) is 3.97. The maximum absolute atomic E-state index is 11.6. The molecule has 27 heavy (non-hydrogen) atoms. The summed E-state index contributed by atoms with van der Waals surface area (Å²) in [4.78, 5) is 10.0. The molecule has 138 valence electrons. The molecule has 0 bridgehead atoms. The topological polar surface area (TPSA) is 142 Å². The van der Waals surface area contributed by atoms with Gasteiger partial charge in [-0.15, -0.1) is 10.2 Å². The Kier molecular flexibility index (Phi) is 4.60. The molecule has 9 nitrogen and oxygen atoms in total. The van der Waals surface area contributed by atoms with Crippen LogP contribution < -0.4 is 0 Å². The number of rotatable bonds is 4. The number of aromatic hydroxyl groups is 1. The minimum absolute atomic E-state index is 0.0242. The Bertz CT molecular complexity index is 1200. The van der Waals surface area contributed by atoms with E-state index in [1.165, 1.54) is 37.3 Å². The third kappa shape index (κ3) is 3.48. The van der Waals surface area contributed by atoms with Gasteiger partial charge in [-0.25, -0.2) is 0 Å². The van der Waals surface area contributed by atoms with Gasteiger partial charge in [-0.3, -0.25) is 14.7 Å². The summed E-state index contributed by atoms with van der Waals surface area (Å²) >= 11 is 0. The Hall–Kier alpha value is -3.37. The second-order valence-electron chi connectivity index (χ2n) is 5.64. The van der Waals surface area contributed by atoms with Crippen LogP contribution in [0.5, 0.6) is 5.75 Å². The number of azo groups is 1. The second-order valence-corrected chi connectivity index (χ2v) is 7.03. The number of fused-ring (bicyclic) bond motifs is 1. The minimum atomic E-state index is -4.56. The van der Waals surface area contributed by atoms with Gasteiger partial charge >= 0.3 is 0 Å². The molecule has 0 saturated heterocycles. The molecule has 0 saturated carbocycles. The van der Waals surface area contributed by atoms with Crippen molar-refractivity contribution in [2.45, 2.75) is 11.8 Å². The zero-order chi connectivity index (χ0) is 19.8. The van der Waals surface area contributed by atoms with Crippen LogP contribution in [0, 0.1) is 17.0 Å². The molecule has 3 aromatic rings. The molecule has 0 unspecified atom stereocenters. The highest BCUT2D eigenvalue weighted by atomic mass is 32.2. The van der Waals surface area contributed by atoms with E-state index in [0.717, 1.165) is 6.07 Å². The Morgan fingerprint density at radius 2 is 1.70 bits per heavy atom. The van der Waals surface area contributed by atoms with E-state index in [1.54, 1.807) is 12.1 Å². The van der Waals surface area contributed by atoms with Gasteiger partial charge in [0.1, 0.15) is 16.3 Å². The van der Waals surface area contributed by atoms with Gasteiger partial charge in [0.25, 0.3) is 15.8 Å². The Labute approximate surface area is 153 Å². The molecule has 0 spiro atoms. The molecule has 3 rings (SSSR count). The van der Waals surface area contributed by atoms with Gasteiger partial charge in [-0.1, -0.05) is 30.3 Å². The molecule has 3 aromatic carbocycles. The summed E-state index contributed by atoms with van der Waals surface area (Å²) in [6, 6.07) is 11.3. The number of nitro groups is 1. The van der Waals surface area contributed by atoms with E-state index in [9.17, 15) is 28.2 Å². The largest absolute Gasteiger partial charge is 0.506 e. The average Bonchev–Trinajstić information content (AvgIpc) is 2.60. The quantitative estimate of drug-likeness (QED) is 0.293. The first-order chi connectivity index (χ1) is 12.7. The lowest BCUT2D eigenvalue weighted by molar-refractivity contribution is -0.385. The van der Waals surface area contributed by atoms with Crippen molar-refractivity contribution < 1.29 is 23.0 Å². The van der Waals surface area contributed by atoms with E-state index < -0.39 is 25.7 Å². The number of hydrogen-bond donors (Lipinski definition) is 2. The smallest absolute Gasteiger partial charge is 0.295 e. The second kappa shape index (κ2) is 6.74. The highest BCUT2D eigenvalue weighted by Crippen LogP contribution is 2.40. The number of phenols is 1. The highest BCUT2D eigenvalue weighted by Gasteiger charge is 2.19. The van der Waals surface area contributed by atoms with Crippen LogP contribution in [0.3, 0.4) is 0 Å². The van der Waals surface area contributed by atoms with Crippen LogP contribution in [-0.4, -0.2) is 23.0 Å². The summed E-state index contributed by atoms with van der Waals surface area (Å²) in [7, 11) is -4.56. The first-order valence-electron chi connectivity index (χ1n) is 7.58. The zero-order valence-corrected chi connectivity index (χ0v) is 14.7. The molecule has 0 aliphatic heterocycles. The lowest BCUT2D eigenvalue weighted by atomic mass is 10.1. The molecule has 10 heteroatoms. The van der Waals surface area contributed by atoms with E-state index in [1.807, 2.05) is 0 Å². The van der Waals surface area contributed by atoms with Crippen LogP contribution in [-0.2, 0) is 10.1 Å². The maximum atomic E-state index is 11.6. The summed E-state index contributed by atoms with van der Waals surface area (Å²) in [6.45, 7) is 1.52. The van der Waals surface area contributed by atoms with Crippen LogP contribution in [0.2, 0.25) is 0 Å². The fourth-order valence-corrected chi connectivity index (χ4v) is 3.37. The highest BCUT2D eigenvalue weighted by molar-refractivity contribution is 7.86. The summed E-state index contributed by atoms with van der Waals surface area (Å²) < 4.78 is 32.5. The van der Waals surface area contributed by atoms with E-state index in [4.69, 9.17) is 0 Å². The van der Waals surface area contributed by atoms with Crippen LogP contribution >= 0.6 is 0 Å². The van der Waals surface area contributed by atoms with Crippen molar-refractivity contribution in [2.24, 2.45) is 10.2 Å². The standard InChI is InChI=1S/C17H13N3O6S/c1-10-13(7-4-8-14(10)20(22)23)18-19-17-12-6-3-2-5-11(12)16(9-15(17)21)27(24,25)26/h2-9,21H,1H3,(H,24,25,26). The molecule has 0 atom stereocenters. The molecular weight excluding hydrogens is 374 g/mol. The SMILES string of the molecule is Cc1c(N=Nc2c(O)cc(S(=O)(=O)O)c3ccccc23)cccc1[N+](=O)[O-]. The van der Waals surface area contributed by atoms with Crippen molar-refractivity contribution in [1.29, 1.82) is 0 Å². The fraction of sp³-hybridized carbons (Fsp3) is 0.0588. The first kappa shape index (κ1) is 18.4. The molecule has 0 fully saturated rings. The number of benzene rings is 3. The number of hydrogen-bond acceptors (Lipinski definition) is 7. The van der Waals surface area contributed by atoms with Gasteiger partial charge in [0.2, 0.25) is 0 Å². The van der Waals surface area contributed by atoms with E-state index in [-0.39, 0.29) is 27.8 Å². The summed E-state index contributed by atoms with van der Waals surface area (Å²) in [5.41, 5.74) is 0.377. The molecule has 0 aromatic heterocycles. The summed E-state index contributed by atoms with van der Waals surface area (Å²) in [5, 5.41) is 29.6. The zero-order valence-electron chi connectivity index (χ0n) is 13.9. The normalized spacial score (nSPS) is 11.9. The predicted molar refractivity (Wildman–Crippen MR) is 97.4 cm³/mol. The summed E-state index contributed by atoms with van der Waals surface area (Å²) in [6.07, 6.45) is 0. The van der Waals surface area contributed by atoms with Gasteiger partial charge in [-0.05, 0) is 13.0 Å². The van der Waals surface area contributed by atoms with Crippen molar-refractivity contribution in [2.75, 3.05) is 0 Å². The number of phenolic OH excluding ortho intramolecular Hbond substituents is 1. The predicted octanol–water partition coefficient (Wildman–Crippen LogP) is 4.42. The molecule has 0 aliphatic carbocycles. The first-order valence-corrected chi connectivity index (χ1v) is 9.02. The van der Waals surface area contributed by atoms with E-state index >= 15 is 0 Å². The molecule has 0 radical (unpaired) electrons. The lowest BCUT2D eigenvalue weighted by Gasteiger charge is -2.08. The van der Waals surface area contributed by atoms with Crippen molar-refractivity contribution in [3.63, 3.8) is 0 Å². The third-order valence-corrected chi connectivity index (χ3v) is 4.86. The Morgan fingerprint density at radius 3 is 2.33 bits per heavy atom. The Morgan fingerprint density at radius 1 is 1.04 bits per heavy atom. The molecule has 0 aliphatic rings. The number of nitrogens with zero attached hydrogens (tertiary/aromatic N) is 3. The molecule has 0 heterocycles. The van der Waals surface area contributed by atoms with Gasteiger partial charge in [0.15, 0.2) is 0 Å². The van der Waals surface area contributed by atoms with Crippen molar-refractivity contribution in [3.05, 3.63) is 64.2 Å². The molecule has 2 N–H and O–H groups in total. The van der Waals surface area contributed by atoms with Crippen LogP contribution in [0.15, 0.2) is 63.7 Å². The maximum Gasteiger partial charge on any atom is 0.295 e. The van der Waals surface area contributed by atoms with Crippen molar-refractivity contribution in [3.8, 4) is 5.75 Å². The van der Waals surface area contributed by atoms with Gasteiger partial charge < -0.3 is 5.11 Å². The average molecular weight is 387 g/mol. The van der Waals surface area contributed by atoms with E-state index in [2.05, 4.69) is 10.2 Å². The van der Waals surface area contributed by atoms with Gasteiger partial charge in [0, 0.05) is 22.9 Å². The minimum Gasteiger partial charge on any atom is -0.506 e. The van der Waals surface area contributed by atoms with Crippen LogP contribution in [0.25, 0.3) is 10.8 Å². The van der Waals surface area contributed by atoms with E-state index in [0.29, 0.717) is 5.56 Å². The van der Waals surface area contributed by atoms with Crippen LogP contribution in [0.1, 0.15) is 5.56 Å². The van der Waals surface area contributed by atoms with Gasteiger partial charge in [-0.2, -0.15) is 8.42 Å². The van der Waals surface area contributed by atoms with Crippen molar-refractivity contribution in [1.82, 2.24) is 0 Å². The van der Waals surface area contributed by atoms with Crippen molar-refractivity contribution >= 4 is 38.0 Å². The lowest BCUT2D eigenvalue weighted by Crippen LogP contribution is -1.99. The number of nitro benzene ring substituents is 1. The summed E-state index contributed by atoms with van der Waals surface area (Å²) in [5.74, 6) is -0.506. The fourth-order valence-electron chi connectivity index (χ4n) is 2.65.